The molecular weight excluding hydrogens is 308 g/mol. The SMILES string of the molecule is Cc1cc(C)c(NC(=O)CNc2nc3[nH]ncc3c(=O)[nH]2)c(C)c1. The number of H-pyrrole nitrogens is 2. The molecule has 0 saturated heterocycles. The van der Waals surface area contributed by atoms with Crippen molar-refractivity contribution in [3.63, 3.8) is 0 Å². The Balaban J connectivity index is 1.70. The molecule has 2 aromatic heterocycles. The number of benzene rings is 1. The molecule has 124 valence electrons. The lowest BCUT2D eigenvalue weighted by molar-refractivity contribution is -0.114. The Hall–Kier alpha value is -3.16. The van der Waals surface area contributed by atoms with Gasteiger partial charge in [0.2, 0.25) is 11.9 Å². The highest BCUT2D eigenvalue weighted by atomic mass is 16.2. The molecule has 0 atom stereocenters. The fraction of sp³-hybridized carbons (Fsp3) is 0.250. The van der Waals surface area contributed by atoms with Crippen molar-refractivity contribution in [2.24, 2.45) is 0 Å². The number of nitrogens with zero attached hydrogens (tertiary/aromatic N) is 2. The highest BCUT2D eigenvalue weighted by Crippen LogP contribution is 2.21. The highest BCUT2D eigenvalue weighted by Gasteiger charge is 2.10. The third-order valence-corrected chi connectivity index (χ3v) is 3.68. The van der Waals surface area contributed by atoms with Crippen molar-refractivity contribution in [2.45, 2.75) is 20.8 Å². The standard InChI is InChI=1S/C16H18N6O2/c1-8-4-9(2)13(10(3)5-8)19-12(23)7-17-16-20-14-11(6-18-22-14)15(24)21-16/h4-6H,7H2,1-3H3,(H,19,23)(H3,17,18,20,21,22,24). The zero-order chi connectivity index (χ0) is 17.3. The first-order valence-electron chi connectivity index (χ1n) is 7.49. The molecule has 8 nitrogen and oxygen atoms in total. The number of amides is 1. The van der Waals surface area contributed by atoms with Crippen LogP contribution in [0.15, 0.2) is 23.1 Å². The van der Waals surface area contributed by atoms with E-state index in [1.165, 1.54) is 6.20 Å². The van der Waals surface area contributed by atoms with E-state index in [0.717, 1.165) is 22.4 Å². The van der Waals surface area contributed by atoms with E-state index >= 15 is 0 Å². The molecule has 1 aromatic carbocycles. The first-order chi connectivity index (χ1) is 11.4. The van der Waals surface area contributed by atoms with Crippen LogP contribution in [0.2, 0.25) is 0 Å². The average Bonchev–Trinajstić information content (AvgIpc) is 2.98. The maximum Gasteiger partial charge on any atom is 0.263 e. The minimum absolute atomic E-state index is 0.0185. The van der Waals surface area contributed by atoms with E-state index in [1.807, 2.05) is 32.9 Å². The van der Waals surface area contributed by atoms with Crippen LogP contribution in [-0.4, -0.2) is 32.6 Å². The molecule has 4 N–H and O–H groups in total. The molecule has 0 aliphatic rings. The maximum atomic E-state index is 12.2. The van der Waals surface area contributed by atoms with Gasteiger partial charge >= 0.3 is 0 Å². The van der Waals surface area contributed by atoms with Crippen LogP contribution in [0.25, 0.3) is 11.0 Å². The van der Waals surface area contributed by atoms with E-state index in [-0.39, 0.29) is 24.0 Å². The molecule has 0 spiro atoms. The molecule has 0 fully saturated rings. The summed E-state index contributed by atoms with van der Waals surface area (Å²) in [6, 6.07) is 4.03. The number of fused-ring (bicyclic) bond motifs is 1. The summed E-state index contributed by atoms with van der Waals surface area (Å²) in [4.78, 5) is 30.7. The number of aromatic amines is 2. The zero-order valence-corrected chi connectivity index (χ0v) is 13.7. The number of rotatable bonds is 4. The second kappa shape index (κ2) is 6.15. The molecule has 0 radical (unpaired) electrons. The van der Waals surface area contributed by atoms with Gasteiger partial charge in [-0.1, -0.05) is 17.7 Å². The normalized spacial score (nSPS) is 10.8. The number of nitrogens with one attached hydrogen (secondary N) is 4. The molecule has 8 heteroatoms. The molecule has 0 aliphatic carbocycles. The monoisotopic (exact) mass is 326 g/mol. The van der Waals surface area contributed by atoms with Gasteiger partial charge in [-0.2, -0.15) is 10.1 Å². The van der Waals surface area contributed by atoms with Crippen molar-refractivity contribution in [2.75, 3.05) is 17.2 Å². The van der Waals surface area contributed by atoms with Gasteiger partial charge in [-0.3, -0.25) is 19.7 Å². The van der Waals surface area contributed by atoms with Crippen LogP contribution in [0.4, 0.5) is 11.6 Å². The van der Waals surface area contributed by atoms with Gasteiger partial charge in [-0.25, -0.2) is 0 Å². The van der Waals surface area contributed by atoms with Crippen molar-refractivity contribution in [3.8, 4) is 0 Å². The van der Waals surface area contributed by atoms with Gasteiger partial charge in [0, 0.05) is 5.69 Å². The number of anilines is 2. The Labute approximate surface area is 137 Å². The predicted octanol–water partition coefficient (Wildman–Crippen LogP) is 1.62. The molecule has 0 bridgehead atoms. The number of aryl methyl sites for hydroxylation is 3. The lowest BCUT2D eigenvalue weighted by Crippen LogP contribution is -2.24. The second-order valence-corrected chi connectivity index (χ2v) is 5.72. The van der Waals surface area contributed by atoms with Crippen molar-refractivity contribution in [1.29, 1.82) is 0 Å². The zero-order valence-electron chi connectivity index (χ0n) is 13.7. The van der Waals surface area contributed by atoms with E-state index in [9.17, 15) is 9.59 Å². The van der Waals surface area contributed by atoms with Crippen LogP contribution in [0.1, 0.15) is 16.7 Å². The molecule has 1 amide bonds. The molecular formula is C16H18N6O2. The molecule has 2 heterocycles. The number of aromatic nitrogens is 4. The molecule has 0 unspecified atom stereocenters. The number of carbonyl (C=O) groups excluding carboxylic acids is 1. The second-order valence-electron chi connectivity index (χ2n) is 5.72. The maximum absolute atomic E-state index is 12.2. The highest BCUT2D eigenvalue weighted by molar-refractivity contribution is 5.95. The van der Waals surface area contributed by atoms with E-state index < -0.39 is 0 Å². The van der Waals surface area contributed by atoms with Gasteiger partial charge < -0.3 is 10.6 Å². The Morgan fingerprint density at radius 2 is 1.92 bits per heavy atom. The molecule has 0 saturated carbocycles. The lowest BCUT2D eigenvalue weighted by atomic mass is 10.1. The summed E-state index contributed by atoms with van der Waals surface area (Å²) < 4.78 is 0. The Bertz CT molecular complexity index is 949. The smallest absolute Gasteiger partial charge is 0.263 e. The van der Waals surface area contributed by atoms with Gasteiger partial charge in [-0.15, -0.1) is 0 Å². The van der Waals surface area contributed by atoms with E-state index in [2.05, 4.69) is 30.8 Å². The molecule has 0 aliphatic heterocycles. The number of carbonyl (C=O) groups is 1. The molecule has 3 aromatic rings. The lowest BCUT2D eigenvalue weighted by Gasteiger charge is -2.13. The quantitative estimate of drug-likeness (QED) is 0.581. The third-order valence-electron chi connectivity index (χ3n) is 3.68. The fourth-order valence-corrected chi connectivity index (χ4v) is 2.65. The Kier molecular flexibility index (Phi) is 4.03. The average molecular weight is 326 g/mol. The summed E-state index contributed by atoms with van der Waals surface area (Å²) in [6.07, 6.45) is 1.40. The van der Waals surface area contributed by atoms with Crippen LogP contribution in [0.3, 0.4) is 0 Å². The Morgan fingerprint density at radius 1 is 1.21 bits per heavy atom. The first-order valence-corrected chi connectivity index (χ1v) is 7.49. The summed E-state index contributed by atoms with van der Waals surface area (Å²) in [5.74, 6) is -0.0124. The fourth-order valence-electron chi connectivity index (χ4n) is 2.65. The van der Waals surface area contributed by atoms with Gasteiger partial charge in [0.15, 0.2) is 5.65 Å². The molecule has 3 rings (SSSR count). The van der Waals surface area contributed by atoms with Gasteiger partial charge in [0.05, 0.1) is 12.7 Å². The van der Waals surface area contributed by atoms with Crippen LogP contribution >= 0.6 is 0 Å². The summed E-state index contributed by atoms with van der Waals surface area (Å²) in [5, 5.41) is 12.5. The summed E-state index contributed by atoms with van der Waals surface area (Å²) in [7, 11) is 0. The minimum Gasteiger partial charge on any atom is -0.347 e. The number of hydrogen-bond acceptors (Lipinski definition) is 5. The Morgan fingerprint density at radius 3 is 2.62 bits per heavy atom. The van der Waals surface area contributed by atoms with Crippen LogP contribution in [0.5, 0.6) is 0 Å². The van der Waals surface area contributed by atoms with Crippen molar-refractivity contribution in [3.05, 3.63) is 45.4 Å². The van der Waals surface area contributed by atoms with Crippen molar-refractivity contribution >= 4 is 28.6 Å². The minimum atomic E-state index is -0.318. The topological polar surface area (TPSA) is 116 Å². The van der Waals surface area contributed by atoms with E-state index in [1.54, 1.807) is 0 Å². The predicted molar refractivity (Wildman–Crippen MR) is 92.3 cm³/mol. The third kappa shape index (κ3) is 3.12. The van der Waals surface area contributed by atoms with Crippen LogP contribution < -0.4 is 16.2 Å². The first kappa shape index (κ1) is 15.7. The number of hydrogen-bond donors (Lipinski definition) is 4. The van der Waals surface area contributed by atoms with Crippen molar-refractivity contribution < 1.29 is 4.79 Å². The molecule has 24 heavy (non-hydrogen) atoms. The van der Waals surface area contributed by atoms with Crippen LogP contribution in [0, 0.1) is 20.8 Å². The van der Waals surface area contributed by atoms with Gasteiger partial charge in [0.1, 0.15) is 5.39 Å². The summed E-state index contributed by atoms with van der Waals surface area (Å²) in [5.41, 5.74) is 4.01. The van der Waals surface area contributed by atoms with Gasteiger partial charge in [0.25, 0.3) is 5.56 Å². The van der Waals surface area contributed by atoms with Crippen molar-refractivity contribution in [1.82, 2.24) is 20.2 Å². The van der Waals surface area contributed by atoms with E-state index in [4.69, 9.17) is 0 Å². The van der Waals surface area contributed by atoms with Gasteiger partial charge in [-0.05, 0) is 31.9 Å². The largest absolute Gasteiger partial charge is 0.347 e. The van der Waals surface area contributed by atoms with E-state index in [0.29, 0.717) is 11.0 Å². The summed E-state index contributed by atoms with van der Waals surface area (Å²) >= 11 is 0. The van der Waals surface area contributed by atoms with Crippen LogP contribution in [-0.2, 0) is 4.79 Å². The summed E-state index contributed by atoms with van der Waals surface area (Å²) in [6.45, 7) is 5.90.